The van der Waals surface area contributed by atoms with Crippen molar-refractivity contribution in [3.8, 4) is 0 Å². The number of nitroso groups, excluding NO2 is 1. The number of rotatable bonds is 12. The molecule has 202 valence electrons. The molecule has 2 atom stereocenters. The summed E-state index contributed by atoms with van der Waals surface area (Å²) >= 11 is 0. The first-order valence-electron chi connectivity index (χ1n) is 11.5. The summed E-state index contributed by atoms with van der Waals surface area (Å²) < 4.78 is 19.7. The molecule has 1 N–H and O–H groups in total. The van der Waals surface area contributed by atoms with Crippen molar-refractivity contribution in [3.63, 3.8) is 0 Å². The number of hydrogen-bond donors (Lipinski definition) is 1. The summed E-state index contributed by atoms with van der Waals surface area (Å²) in [6, 6.07) is -1.04. The van der Waals surface area contributed by atoms with Gasteiger partial charge >= 0.3 is 23.9 Å². The number of carbonyl (C=O) groups is 4. The summed E-state index contributed by atoms with van der Waals surface area (Å²) in [6.45, 7) is -1.63. The molecule has 0 aromatic heterocycles. The van der Waals surface area contributed by atoms with Crippen molar-refractivity contribution in [3.05, 3.63) is 16.3 Å². The number of esters is 4. The smallest absolute Gasteiger partial charge is 0.319 e. The van der Waals surface area contributed by atoms with Gasteiger partial charge in [-0.2, -0.15) is 0 Å². The minimum Gasteiger partial charge on any atom is -0.468 e. The molecule has 14 nitrogen and oxygen atoms in total. The monoisotopic (exact) mass is 515 g/mol. The predicted octanol–water partition coefficient (Wildman–Crippen LogP) is -0.711. The molecular weight excluding hydrogens is 480 g/mol. The third-order valence-electron chi connectivity index (χ3n) is 6.25. The van der Waals surface area contributed by atoms with Gasteiger partial charge in [0.2, 0.25) is 6.04 Å². The maximum absolute atomic E-state index is 13.6. The van der Waals surface area contributed by atoms with Gasteiger partial charge in [-0.25, -0.2) is 5.06 Å². The normalized spacial score (nSPS) is 19.8. The van der Waals surface area contributed by atoms with Crippen molar-refractivity contribution in [2.45, 2.75) is 37.8 Å². The lowest BCUT2D eigenvalue weighted by Gasteiger charge is -2.39. The summed E-state index contributed by atoms with van der Waals surface area (Å²) in [7, 11) is 4.80. The van der Waals surface area contributed by atoms with Gasteiger partial charge in [0, 0.05) is 22.6 Å². The molecule has 1 heterocycles. The fourth-order valence-corrected chi connectivity index (χ4v) is 4.38. The van der Waals surface area contributed by atoms with Gasteiger partial charge in [0.1, 0.15) is 11.7 Å². The van der Waals surface area contributed by atoms with Crippen molar-refractivity contribution in [1.29, 1.82) is 0 Å². The van der Waals surface area contributed by atoms with Gasteiger partial charge in [0.05, 0.1) is 61.2 Å². The molecule has 1 fully saturated rings. The third-order valence-corrected chi connectivity index (χ3v) is 6.25. The number of carbonyl (C=O) groups excluding carboxylic acids is 4. The van der Waals surface area contributed by atoms with Gasteiger partial charge in [-0.05, 0) is 12.8 Å². The van der Waals surface area contributed by atoms with Gasteiger partial charge in [0.15, 0.2) is 0 Å². The van der Waals surface area contributed by atoms with E-state index in [0.29, 0.717) is 12.8 Å². The molecule has 0 aromatic rings. The van der Waals surface area contributed by atoms with Crippen molar-refractivity contribution in [2.75, 3.05) is 67.7 Å². The SMILES string of the molecule is COC(=O)CN(CC(=O)OC)CC1=C(CN(CC(=O)OC)CC(=O)OC)[N+](=O)[C@H]2CCCC[C@H]2N1O. The Balaban J connectivity index is 2.49. The van der Waals surface area contributed by atoms with Gasteiger partial charge < -0.3 is 18.9 Å². The van der Waals surface area contributed by atoms with Crippen LogP contribution >= 0.6 is 0 Å². The van der Waals surface area contributed by atoms with E-state index in [1.54, 1.807) is 0 Å². The lowest BCUT2D eigenvalue weighted by Crippen LogP contribution is -2.56. The van der Waals surface area contributed by atoms with Crippen LogP contribution in [0.4, 0.5) is 0 Å². The van der Waals surface area contributed by atoms with E-state index in [1.165, 1.54) is 38.2 Å². The Labute approximate surface area is 209 Å². The number of fused-ring (bicyclic) bond motifs is 1. The van der Waals surface area contributed by atoms with Crippen LogP contribution in [0.15, 0.2) is 11.4 Å². The second kappa shape index (κ2) is 13.8. The predicted molar refractivity (Wildman–Crippen MR) is 121 cm³/mol. The van der Waals surface area contributed by atoms with Crippen LogP contribution < -0.4 is 0 Å². The van der Waals surface area contributed by atoms with Crippen LogP contribution in [0, 0.1) is 4.91 Å². The summed E-state index contributed by atoms with van der Waals surface area (Å²) in [5, 5.41) is 12.2. The molecule has 0 amide bonds. The summed E-state index contributed by atoms with van der Waals surface area (Å²) in [4.78, 5) is 64.2. The van der Waals surface area contributed by atoms with Crippen LogP contribution in [0.5, 0.6) is 0 Å². The Kier molecular flexibility index (Phi) is 11.2. The average Bonchev–Trinajstić information content (AvgIpc) is 2.88. The van der Waals surface area contributed by atoms with Gasteiger partial charge in [0.25, 0.3) is 5.70 Å². The van der Waals surface area contributed by atoms with Crippen molar-refractivity contribution in [1.82, 2.24) is 14.9 Å². The molecule has 1 saturated carbocycles. The Morgan fingerprint density at radius 1 is 0.806 bits per heavy atom. The molecule has 1 aliphatic heterocycles. The third kappa shape index (κ3) is 7.70. The van der Waals surface area contributed by atoms with Gasteiger partial charge in [-0.3, -0.25) is 34.2 Å². The fraction of sp³-hybridized carbons (Fsp3) is 0.727. The fourth-order valence-electron chi connectivity index (χ4n) is 4.38. The molecule has 0 spiro atoms. The number of nitrogens with zero attached hydrogens (tertiary/aromatic N) is 4. The maximum atomic E-state index is 13.6. The first kappa shape index (κ1) is 29.1. The molecule has 0 aromatic carbocycles. The second-order valence-electron chi connectivity index (χ2n) is 8.58. The highest BCUT2D eigenvalue weighted by molar-refractivity contribution is 5.75. The van der Waals surface area contributed by atoms with E-state index in [-0.39, 0.29) is 50.7 Å². The van der Waals surface area contributed by atoms with E-state index in [4.69, 9.17) is 18.9 Å². The average molecular weight is 516 g/mol. The Hall–Kier alpha value is -3.10. The van der Waals surface area contributed by atoms with E-state index in [0.717, 1.165) is 22.7 Å². The number of methoxy groups -OCH3 is 4. The zero-order valence-corrected chi connectivity index (χ0v) is 21.1. The molecule has 14 heteroatoms. The highest BCUT2D eigenvalue weighted by Gasteiger charge is 2.50. The zero-order valence-electron chi connectivity index (χ0n) is 21.1. The molecular formula is C22H35N4O10+. The molecule has 0 radical (unpaired) electrons. The van der Waals surface area contributed by atoms with E-state index in [1.807, 2.05) is 0 Å². The van der Waals surface area contributed by atoms with Gasteiger partial charge in [-0.1, -0.05) is 6.42 Å². The highest BCUT2D eigenvalue weighted by Crippen LogP contribution is 2.34. The summed E-state index contributed by atoms with van der Waals surface area (Å²) in [5.74, 6) is -2.53. The molecule has 0 saturated heterocycles. The van der Waals surface area contributed by atoms with Crippen molar-refractivity contribution >= 4 is 23.9 Å². The van der Waals surface area contributed by atoms with Crippen LogP contribution in [0.3, 0.4) is 0 Å². The number of hydrogen-bond acceptors (Lipinski definition) is 13. The van der Waals surface area contributed by atoms with E-state index in [9.17, 15) is 29.3 Å². The van der Waals surface area contributed by atoms with Crippen LogP contribution in [0.1, 0.15) is 25.7 Å². The topological polar surface area (TPSA) is 155 Å². The standard InChI is InChI=1S/C22H35N4O10/c1-33-19(27)11-23(12-20(28)34-2)9-17-18(10-24(13-21(29)35-3)14-22(30)36-4)26(32)16-8-6-5-7-15(16)25(17)31/h15-16,31H,5-14H2,1-4H3/q+1/t15-,16+/m1/s1. The van der Waals surface area contributed by atoms with Gasteiger partial charge in [-0.15, -0.1) is 0 Å². The lowest BCUT2D eigenvalue weighted by atomic mass is 9.87. The maximum Gasteiger partial charge on any atom is 0.319 e. The summed E-state index contributed by atoms with van der Waals surface area (Å²) in [5.41, 5.74) is 0.230. The lowest BCUT2D eigenvalue weighted by molar-refractivity contribution is -0.567. The Bertz CT molecular complexity index is 841. The quantitative estimate of drug-likeness (QED) is 0.198. The number of hydroxylamine groups is 2. The molecule has 36 heavy (non-hydrogen) atoms. The first-order chi connectivity index (χ1) is 17.1. The van der Waals surface area contributed by atoms with Crippen LogP contribution in [0.25, 0.3) is 0 Å². The molecule has 2 aliphatic rings. The molecule has 0 bridgehead atoms. The molecule has 0 unspecified atom stereocenters. The van der Waals surface area contributed by atoms with E-state index in [2.05, 4.69) is 0 Å². The van der Waals surface area contributed by atoms with Crippen LogP contribution in [-0.2, 0) is 38.1 Å². The van der Waals surface area contributed by atoms with E-state index < -0.39 is 36.0 Å². The van der Waals surface area contributed by atoms with Crippen LogP contribution in [-0.4, -0.2) is 128 Å². The van der Waals surface area contributed by atoms with Crippen LogP contribution in [0.2, 0.25) is 0 Å². The Morgan fingerprint density at radius 3 is 1.67 bits per heavy atom. The number of ether oxygens (including phenoxy) is 4. The first-order valence-corrected chi connectivity index (χ1v) is 11.5. The zero-order chi connectivity index (χ0) is 26.8. The van der Waals surface area contributed by atoms with E-state index >= 15 is 0 Å². The van der Waals surface area contributed by atoms with Crippen molar-refractivity contribution < 1.29 is 48.1 Å². The van der Waals surface area contributed by atoms with Crippen molar-refractivity contribution in [2.24, 2.45) is 0 Å². The minimum atomic E-state index is -0.635. The molecule has 1 aliphatic carbocycles. The molecule has 2 rings (SSSR count). The minimum absolute atomic E-state index is 0.0909. The summed E-state index contributed by atoms with van der Waals surface area (Å²) in [6.07, 6.45) is 2.74. The highest BCUT2D eigenvalue weighted by atomic mass is 16.5. The largest absolute Gasteiger partial charge is 0.468 e. The second-order valence-corrected chi connectivity index (χ2v) is 8.58. The Morgan fingerprint density at radius 2 is 1.22 bits per heavy atom.